The number of benzene rings is 2. The maximum absolute atomic E-state index is 12.2. The van der Waals surface area contributed by atoms with Gasteiger partial charge in [-0.15, -0.1) is 0 Å². The van der Waals surface area contributed by atoms with Crippen LogP contribution in [0.1, 0.15) is 12.8 Å². The normalized spacial score (nSPS) is 11.0. The molecule has 0 aliphatic rings. The average molecular weight is 471 g/mol. The fourth-order valence-corrected chi connectivity index (χ4v) is 4.07. The van der Waals surface area contributed by atoms with Gasteiger partial charge in [0.15, 0.2) is 11.5 Å². The van der Waals surface area contributed by atoms with Gasteiger partial charge in [0.05, 0.1) is 37.7 Å². The van der Waals surface area contributed by atoms with Crippen LogP contribution in [0.3, 0.4) is 0 Å². The number of rotatable bonds is 12. The standard InChI is InChI=1S/C21H27ClN2O6S/c1-28-18-11-10-16(15-17(18)22)24(31(3,26)27)13-6-9-21(25)23-12-14-30-20-8-5-4-7-19(20)29-2/h4-5,7-8,10-11,15H,6,9,12-14H2,1-3H3,(H,23,25). The van der Waals surface area contributed by atoms with Crippen molar-refractivity contribution in [2.45, 2.75) is 12.8 Å². The Hall–Kier alpha value is -2.65. The van der Waals surface area contributed by atoms with E-state index in [4.69, 9.17) is 25.8 Å². The van der Waals surface area contributed by atoms with Gasteiger partial charge in [-0.3, -0.25) is 9.10 Å². The summed E-state index contributed by atoms with van der Waals surface area (Å²) in [5, 5.41) is 3.06. The smallest absolute Gasteiger partial charge is 0.232 e. The van der Waals surface area contributed by atoms with Gasteiger partial charge in [-0.2, -0.15) is 0 Å². The second-order valence-electron chi connectivity index (χ2n) is 6.61. The van der Waals surface area contributed by atoms with Crippen molar-refractivity contribution in [3.05, 3.63) is 47.5 Å². The summed E-state index contributed by atoms with van der Waals surface area (Å²) in [5.74, 6) is 1.48. The van der Waals surface area contributed by atoms with E-state index in [0.29, 0.717) is 40.9 Å². The maximum Gasteiger partial charge on any atom is 0.232 e. The van der Waals surface area contributed by atoms with Crippen LogP contribution in [-0.2, 0) is 14.8 Å². The first-order chi connectivity index (χ1) is 14.8. The summed E-state index contributed by atoms with van der Waals surface area (Å²) in [5.41, 5.74) is 0.416. The maximum atomic E-state index is 12.2. The van der Waals surface area contributed by atoms with Crippen molar-refractivity contribution >= 4 is 33.2 Å². The van der Waals surface area contributed by atoms with E-state index in [1.807, 2.05) is 12.1 Å². The monoisotopic (exact) mass is 470 g/mol. The van der Waals surface area contributed by atoms with Crippen molar-refractivity contribution in [2.75, 3.05) is 44.5 Å². The number of ether oxygens (including phenoxy) is 3. The number of nitrogens with zero attached hydrogens (tertiary/aromatic N) is 1. The molecule has 0 aliphatic heterocycles. The minimum absolute atomic E-state index is 0.145. The lowest BCUT2D eigenvalue weighted by molar-refractivity contribution is -0.121. The summed E-state index contributed by atoms with van der Waals surface area (Å²) in [6.07, 6.45) is 1.63. The lowest BCUT2D eigenvalue weighted by Crippen LogP contribution is -2.33. The highest BCUT2D eigenvalue weighted by atomic mass is 35.5. The Kier molecular flexibility index (Phi) is 9.26. The van der Waals surface area contributed by atoms with Crippen LogP contribution < -0.4 is 23.8 Å². The predicted molar refractivity (Wildman–Crippen MR) is 121 cm³/mol. The van der Waals surface area contributed by atoms with Gasteiger partial charge in [-0.25, -0.2) is 8.42 Å². The molecule has 1 N–H and O–H groups in total. The van der Waals surface area contributed by atoms with E-state index >= 15 is 0 Å². The first-order valence-electron chi connectivity index (χ1n) is 9.60. The van der Waals surface area contributed by atoms with Crippen LogP contribution in [0.25, 0.3) is 0 Å². The molecule has 0 unspecified atom stereocenters. The molecule has 0 aliphatic carbocycles. The molecule has 2 rings (SSSR count). The Morgan fingerprint density at radius 1 is 1.06 bits per heavy atom. The second kappa shape index (κ2) is 11.7. The Labute approximate surface area is 188 Å². The molecule has 0 saturated heterocycles. The molecular weight excluding hydrogens is 444 g/mol. The Bertz CT molecular complexity index is 984. The molecule has 170 valence electrons. The van der Waals surface area contributed by atoms with Crippen LogP contribution in [-0.4, -0.2) is 54.5 Å². The number of nitrogens with one attached hydrogen (secondary N) is 1. The summed E-state index contributed by atoms with van der Waals surface area (Å²) < 4.78 is 41.5. The highest BCUT2D eigenvalue weighted by molar-refractivity contribution is 7.92. The first kappa shape index (κ1) is 24.6. The summed E-state index contributed by atoms with van der Waals surface area (Å²) in [6, 6.07) is 12.0. The van der Waals surface area contributed by atoms with Gasteiger partial charge in [0.1, 0.15) is 12.4 Å². The third-order valence-corrected chi connectivity index (χ3v) is 5.83. The molecule has 0 aromatic heterocycles. The quantitative estimate of drug-likeness (QED) is 0.479. The summed E-state index contributed by atoms with van der Waals surface area (Å²) in [4.78, 5) is 12.1. The summed E-state index contributed by atoms with van der Waals surface area (Å²) in [6.45, 7) is 0.749. The molecule has 0 radical (unpaired) electrons. The third kappa shape index (κ3) is 7.52. The van der Waals surface area contributed by atoms with Crippen molar-refractivity contribution in [1.82, 2.24) is 5.32 Å². The molecule has 0 heterocycles. The molecule has 2 aromatic carbocycles. The highest BCUT2D eigenvalue weighted by Gasteiger charge is 2.19. The van der Waals surface area contributed by atoms with Crippen LogP contribution in [0.5, 0.6) is 17.2 Å². The van der Waals surface area contributed by atoms with E-state index in [0.717, 1.165) is 6.26 Å². The minimum Gasteiger partial charge on any atom is -0.495 e. The van der Waals surface area contributed by atoms with Gasteiger partial charge in [0.25, 0.3) is 0 Å². The molecule has 0 spiro atoms. The topological polar surface area (TPSA) is 94.2 Å². The van der Waals surface area contributed by atoms with Crippen LogP contribution >= 0.6 is 11.6 Å². The Balaban J connectivity index is 1.81. The SMILES string of the molecule is COc1ccc(N(CCCC(=O)NCCOc2ccccc2OC)S(C)(=O)=O)cc1Cl. The minimum atomic E-state index is -3.54. The zero-order chi connectivity index (χ0) is 22.9. The molecule has 2 aromatic rings. The van der Waals surface area contributed by atoms with Gasteiger partial charge in [0, 0.05) is 13.0 Å². The van der Waals surface area contributed by atoms with Crippen molar-refractivity contribution in [2.24, 2.45) is 0 Å². The number of halogens is 1. The number of carbonyl (C=O) groups is 1. The van der Waals surface area contributed by atoms with Gasteiger partial charge in [-0.05, 0) is 36.8 Å². The number of amides is 1. The number of para-hydroxylation sites is 2. The second-order valence-corrected chi connectivity index (χ2v) is 8.92. The van der Waals surface area contributed by atoms with Crippen molar-refractivity contribution in [3.63, 3.8) is 0 Å². The van der Waals surface area contributed by atoms with Gasteiger partial charge in [-0.1, -0.05) is 23.7 Å². The molecule has 1 amide bonds. The van der Waals surface area contributed by atoms with E-state index in [1.54, 1.807) is 31.4 Å². The van der Waals surface area contributed by atoms with Crippen LogP contribution in [0.4, 0.5) is 5.69 Å². The predicted octanol–water partition coefficient (Wildman–Crippen LogP) is 3.10. The first-order valence-corrected chi connectivity index (χ1v) is 11.8. The van der Waals surface area contributed by atoms with Gasteiger partial charge < -0.3 is 19.5 Å². The van der Waals surface area contributed by atoms with Crippen LogP contribution in [0.15, 0.2) is 42.5 Å². The van der Waals surface area contributed by atoms with E-state index in [1.165, 1.54) is 17.5 Å². The average Bonchev–Trinajstić information content (AvgIpc) is 2.73. The van der Waals surface area contributed by atoms with Gasteiger partial charge >= 0.3 is 0 Å². The number of sulfonamides is 1. The molecule has 8 nitrogen and oxygen atoms in total. The Morgan fingerprint density at radius 3 is 2.35 bits per heavy atom. The summed E-state index contributed by atoms with van der Waals surface area (Å²) >= 11 is 6.11. The zero-order valence-electron chi connectivity index (χ0n) is 17.8. The van der Waals surface area contributed by atoms with Crippen molar-refractivity contribution in [1.29, 1.82) is 0 Å². The fourth-order valence-electron chi connectivity index (χ4n) is 2.86. The van der Waals surface area contributed by atoms with Gasteiger partial charge in [0.2, 0.25) is 15.9 Å². The lowest BCUT2D eigenvalue weighted by atomic mass is 10.2. The lowest BCUT2D eigenvalue weighted by Gasteiger charge is -2.23. The van der Waals surface area contributed by atoms with E-state index in [-0.39, 0.29) is 25.5 Å². The molecular formula is C21H27ClN2O6S. The number of hydrogen-bond donors (Lipinski definition) is 1. The number of hydrogen-bond acceptors (Lipinski definition) is 6. The highest BCUT2D eigenvalue weighted by Crippen LogP contribution is 2.30. The number of carbonyl (C=O) groups excluding carboxylic acids is 1. The fraction of sp³-hybridized carbons (Fsp3) is 0.381. The molecule has 0 atom stereocenters. The number of methoxy groups -OCH3 is 2. The summed E-state index contributed by atoms with van der Waals surface area (Å²) in [7, 11) is -0.500. The van der Waals surface area contributed by atoms with E-state index in [2.05, 4.69) is 5.32 Å². The van der Waals surface area contributed by atoms with Crippen molar-refractivity contribution < 1.29 is 27.4 Å². The molecule has 31 heavy (non-hydrogen) atoms. The van der Waals surface area contributed by atoms with Crippen molar-refractivity contribution in [3.8, 4) is 17.2 Å². The molecule has 10 heteroatoms. The van der Waals surface area contributed by atoms with E-state index in [9.17, 15) is 13.2 Å². The third-order valence-electron chi connectivity index (χ3n) is 4.34. The Morgan fingerprint density at radius 2 is 1.74 bits per heavy atom. The van der Waals surface area contributed by atoms with Crippen LogP contribution in [0, 0.1) is 0 Å². The largest absolute Gasteiger partial charge is 0.495 e. The number of anilines is 1. The molecule has 0 saturated carbocycles. The molecule has 0 bridgehead atoms. The van der Waals surface area contributed by atoms with Crippen LogP contribution in [0.2, 0.25) is 5.02 Å². The molecule has 0 fully saturated rings. The van der Waals surface area contributed by atoms with E-state index < -0.39 is 10.0 Å². The zero-order valence-corrected chi connectivity index (χ0v) is 19.3.